The zero-order chi connectivity index (χ0) is 16.3. The van der Waals surface area contributed by atoms with Gasteiger partial charge in [-0.1, -0.05) is 20.8 Å². The van der Waals surface area contributed by atoms with Crippen LogP contribution >= 0.6 is 0 Å². The highest BCUT2D eigenvalue weighted by atomic mass is 19.4. The lowest BCUT2D eigenvalue weighted by molar-refractivity contribution is -0.137. The molecule has 1 aromatic heterocycles. The van der Waals surface area contributed by atoms with Crippen molar-refractivity contribution in [3.8, 4) is 6.07 Å². The molecule has 1 heterocycles. The van der Waals surface area contributed by atoms with Crippen molar-refractivity contribution in [1.82, 2.24) is 15.1 Å². The third-order valence-corrected chi connectivity index (χ3v) is 2.79. The number of carbonyl (C=O) groups excluding carboxylic acids is 1. The first-order chi connectivity index (χ1) is 9.53. The summed E-state index contributed by atoms with van der Waals surface area (Å²) in [7, 11) is 0. The summed E-state index contributed by atoms with van der Waals surface area (Å²) >= 11 is 0. The number of nitrogens with one attached hydrogen (secondary N) is 1. The van der Waals surface area contributed by atoms with Gasteiger partial charge in [0.25, 0.3) is 5.91 Å². The van der Waals surface area contributed by atoms with E-state index in [-0.39, 0.29) is 12.1 Å². The predicted molar refractivity (Wildman–Crippen MR) is 69.2 cm³/mol. The van der Waals surface area contributed by atoms with E-state index in [1.54, 1.807) is 20.8 Å². The Balaban J connectivity index is 2.68. The second-order valence-electron chi connectivity index (χ2n) is 5.76. The molecule has 1 rings (SSSR count). The quantitative estimate of drug-likeness (QED) is 0.929. The van der Waals surface area contributed by atoms with Crippen LogP contribution in [-0.4, -0.2) is 27.9 Å². The van der Waals surface area contributed by atoms with E-state index in [1.165, 1.54) is 12.4 Å². The molecule has 5 nitrogen and oxygen atoms in total. The molecule has 116 valence electrons. The van der Waals surface area contributed by atoms with Crippen molar-refractivity contribution in [1.29, 1.82) is 5.26 Å². The molecule has 0 aromatic carbocycles. The Kier molecular flexibility index (Phi) is 4.99. The summed E-state index contributed by atoms with van der Waals surface area (Å²) in [6.07, 6.45) is -2.87. The molecule has 8 heteroatoms. The van der Waals surface area contributed by atoms with Crippen molar-refractivity contribution >= 4 is 5.91 Å². The number of rotatable bonds is 4. The maximum Gasteiger partial charge on any atom is 0.390 e. The van der Waals surface area contributed by atoms with Gasteiger partial charge in [0.05, 0.1) is 24.3 Å². The highest BCUT2D eigenvalue weighted by molar-refractivity contribution is 5.94. The average molecular weight is 302 g/mol. The van der Waals surface area contributed by atoms with Crippen LogP contribution in [0.4, 0.5) is 13.2 Å². The highest BCUT2D eigenvalue weighted by Crippen LogP contribution is 2.20. The Bertz CT molecular complexity index is 537. The topological polar surface area (TPSA) is 70.7 Å². The number of alkyl halides is 3. The number of halogens is 3. The van der Waals surface area contributed by atoms with Gasteiger partial charge >= 0.3 is 6.18 Å². The van der Waals surface area contributed by atoms with Crippen LogP contribution in [0.15, 0.2) is 12.4 Å². The third-order valence-electron chi connectivity index (χ3n) is 2.79. The molecule has 0 spiro atoms. The van der Waals surface area contributed by atoms with E-state index in [0.717, 1.165) is 4.68 Å². The molecule has 0 unspecified atom stereocenters. The molecule has 0 aliphatic heterocycles. The number of amides is 1. The highest BCUT2D eigenvalue weighted by Gasteiger charge is 2.28. The minimum absolute atomic E-state index is 0.127. The van der Waals surface area contributed by atoms with Crippen LogP contribution < -0.4 is 5.32 Å². The van der Waals surface area contributed by atoms with Crippen LogP contribution in [0.25, 0.3) is 0 Å². The normalized spacial score (nSPS) is 13.6. The lowest BCUT2D eigenvalue weighted by Crippen LogP contribution is -2.42. The number of aromatic nitrogens is 2. The zero-order valence-corrected chi connectivity index (χ0v) is 12.0. The van der Waals surface area contributed by atoms with Gasteiger partial charge in [-0.25, -0.2) is 0 Å². The fourth-order valence-corrected chi connectivity index (χ4v) is 1.50. The van der Waals surface area contributed by atoms with Crippen molar-refractivity contribution in [2.45, 2.75) is 46.0 Å². The number of aryl methyl sites for hydroxylation is 1. The summed E-state index contributed by atoms with van der Waals surface area (Å²) in [6.45, 7) is 5.05. The summed E-state index contributed by atoms with van der Waals surface area (Å²) in [5.41, 5.74) is -0.321. The Hall–Kier alpha value is -2.04. The first-order valence-corrected chi connectivity index (χ1v) is 6.32. The SMILES string of the molecule is CC(C)(C)[C@H](C#N)NC(=O)c1cnn(CCC(F)(F)F)c1. The van der Waals surface area contributed by atoms with Gasteiger partial charge in [0.2, 0.25) is 0 Å². The van der Waals surface area contributed by atoms with Crippen molar-refractivity contribution in [2.24, 2.45) is 5.41 Å². The van der Waals surface area contributed by atoms with Gasteiger partial charge in [0, 0.05) is 12.7 Å². The number of hydrogen-bond donors (Lipinski definition) is 1. The molecule has 1 atom stereocenters. The molecule has 0 bridgehead atoms. The smallest absolute Gasteiger partial charge is 0.336 e. The molecule has 0 aliphatic carbocycles. The molecule has 1 N–H and O–H groups in total. The Morgan fingerprint density at radius 3 is 2.57 bits per heavy atom. The summed E-state index contributed by atoms with van der Waals surface area (Å²) in [5, 5.41) is 15.3. The second-order valence-corrected chi connectivity index (χ2v) is 5.76. The van der Waals surface area contributed by atoms with Gasteiger partial charge in [-0.2, -0.15) is 23.5 Å². The molecule has 1 aromatic rings. The van der Waals surface area contributed by atoms with Crippen LogP contribution in [-0.2, 0) is 6.54 Å². The Morgan fingerprint density at radius 2 is 2.10 bits per heavy atom. The Labute approximate surface area is 120 Å². The van der Waals surface area contributed by atoms with Gasteiger partial charge in [-0.3, -0.25) is 9.48 Å². The molecular weight excluding hydrogens is 285 g/mol. The summed E-state index contributed by atoms with van der Waals surface area (Å²) < 4.78 is 37.4. The molecule has 1 amide bonds. The second kappa shape index (κ2) is 6.16. The number of carbonyl (C=O) groups is 1. The minimum Gasteiger partial charge on any atom is -0.336 e. The lowest BCUT2D eigenvalue weighted by atomic mass is 9.87. The first kappa shape index (κ1) is 17.0. The van der Waals surface area contributed by atoms with Gasteiger partial charge in [0.15, 0.2) is 0 Å². The van der Waals surface area contributed by atoms with Crippen LogP contribution in [0.5, 0.6) is 0 Å². The molecule has 0 fully saturated rings. The average Bonchev–Trinajstić information content (AvgIpc) is 2.79. The van der Waals surface area contributed by atoms with Crippen LogP contribution in [0.3, 0.4) is 0 Å². The van der Waals surface area contributed by atoms with Crippen molar-refractivity contribution in [2.75, 3.05) is 0 Å². The summed E-state index contributed by atoms with van der Waals surface area (Å²) in [4.78, 5) is 11.9. The van der Waals surface area contributed by atoms with E-state index in [2.05, 4.69) is 10.4 Å². The number of hydrogen-bond acceptors (Lipinski definition) is 3. The fraction of sp³-hybridized carbons (Fsp3) is 0.615. The minimum atomic E-state index is -4.27. The zero-order valence-electron chi connectivity index (χ0n) is 12.0. The van der Waals surface area contributed by atoms with Gasteiger partial charge in [-0.05, 0) is 5.41 Å². The van der Waals surface area contributed by atoms with E-state index < -0.39 is 30.0 Å². The summed E-state index contributed by atoms with van der Waals surface area (Å²) in [5.74, 6) is -0.533. The maximum atomic E-state index is 12.1. The van der Waals surface area contributed by atoms with Crippen LogP contribution in [0.2, 0.25) is 0 Å². The molecule has 0 aliphatic rings. The number of nitrogens with zero attached hydrogens (tertiary/aromatic N) is 3. The van der Waals surface area contributed by atoms with Crippen molar-refractivity contribution < 1.29 is 18.0 Å². The van der Waals surface area contributed by atoms with Crippen LogP contribution in [0.1, 0.15) is 37.6 Å². The Morgan fingerprint density at radius 1 is 1.48 bits per heavy atom. The van der Waals surface area contributed by atoms with Gasteiger partial charge < -0.3 is 5.32 Å². The molecule has 0 saturated heterocycles. The standard InChI is InChI=1S/C13H17F3N4O/c1-12(2,3)10(6-17)19-11(21)9-7-18-20(8-9)5-4-13(14,15)16/h7-8,10H,4-5H2,1-3H3,(H,19,21)/t10-/m0/s1. The first-order valence-electron chi connectivity index (χ1n) is 6.32. The third kappa shape index (κ3) is 5.45. The molecule has 0 saturated carbocycles. The predicted octanol–water partition coefficient (Wildman–Crippen LogP) is 2.50. The molecule has 21 heavy (non-hydrogen) atoms. The fourth-order valence-electron chi connectivity index (χ4n) is 1.50. The number of nitriles is 1. The van der Waals surface area contributed by atoms with Crippen molar-refractivity contribution in [3.05, 3.63) is 18.0 Å². The van der Waals surface area contributed by atoms with E-state index >= 15 is 0 Å². The monoisotopic (exact) mass is 302 g/mol. The van der Waals surface area contributed by atoms with E-state index in [4.69, 9.17) is 5.26 Å². The maximum absolute atomic E-state index is 12.1. The van der Waals surface area contributed by atoms with E-state index in [0.29, 0.717) is 0 Å². The lowest BCUT2D eigenvalue weighted by Gasteiger charge is -2.25. The van der Waals surface area contributed by atoms with Crippen molar-refractivity contribution in [3.63, 3.8) is 0 Å². The molecular formula is C13H17F3N4O. The van der Waals surface area contributed by atoms with Gasteiger partial charge in [0.1, 0.15) is 6.04 Å². The largest absolute Gasteiger partial charge is 0.390 e. The van der Waals surface area contributed by atoms with E-state index in [9.17, 15) is 18.0 Å². The van der Waals surface area contributed by atoms with E-state index in [1.807, 2.05) is 6.07 Å². The van der Waals surface area contributed by atoms with Crippen LogP contribution in [0, 0.1) is 16.7 Å². The summed E-state index contributed by atoms with van der Waals surface area (Å²) in [6, 6.07) is 1.28. The molecule has 0 radical (unpaired) electrons. The van der Waals surface area contributed by atoms with Gasteiger partial charge in [-0.15, -0.1) is 0 Å².